The summed E-state index contributed by atoms with van der Waals surface area (Å²) in [6, 6.07) is 0.923. The zero-order chi connectivity index (χ0) is 7.56. The van der Waals surface area contributed by atoms with Crippen molar-refractivity contribution in [2.24, 2.45) is 5.92 Å². The fourth-order valence-electron chi connectivity index (χ4n) is 1.49. The van der Waals surface area contributed by atoms with Crippen LogP contribution < -0.4 is 0 Å². The molecule has 2 unspecified atom stereocenters. The van der Waals surface area contributed by atoms with Gasteiger partial charge in [-0.15, -0.1) is 0 Å². The Morgan fingerprint density at radius 2 is 2.10 bits per heavy atom. The van der Waals surface area contributed by atoms with E-state index in [1.807, 2.05) is 0 Å². The van der Waals surface area contributed by atoms with E-state index in [0.29, 0.717) is 0 Å². The lowest BCUT2D eigenvalue weighted by molar-refractivity contribution is 0.306. The van der Waals surface area contributed by atoms with Crippen molar-refractivity contribution in [2.45, 2.75) is 39.2 Å². The van der Waals surface area contributed by atoms with E-state index < -0.39 is 0 Å². The van der Waals surface area contributed by atoms with Crippen LogP contribution >= 0.6 is 0 Å². The smallest absolute Gasteiger partial charge is 0.0121 e. The van der Waals surface area contributed by atoms with Gasteiger partial charge in [-0.2, -0.15) is 0 Å². The lowest BCUT2D eigenvalue weighted by Gasteiger charge is -2.14. The first-order valence-corrected chi connectivity index (χ1v) is 4.46. The van der Waals surface area contributed by atoms with Crippen molar-refractivity contribution in [2.75, 3.05) is 13.6 Å². The Kier molecular flexibility index (Phi) is 2.72. The van der Waals surface area contributed by atoms with Gasteiger partial charge in [0, 0.05) is 6.04 Å². The number of hydrogen-bond donors (Lipinski definition) is 0. The molecule has 0 bridgehead atoms. The zero-order valence-electron chi connectivity index (χ0n) is 7.43. The van der Waals surface area contributed by atoms with Crippen LogP contribution in [0.2, 0.25) is 0 Å². The van der Waals surface area contributed by atoms with Crippen LogP contribution in [0.3, 0.4) is 0 Å². The summed E-state index contributed by atoms with van der Waals surface area (Å²) in [5.41, 5.74) is 0. The van der Waals surface area contributed by atoms with Gasteiger partial charge in [0.05, 0.1) is 0 Å². The highest BCUT2D eigenvalue weighted by Crippen LogP contribution is 2.33. The predicted octanol–water partition coefficient (Wildman–Crippen LogP) is 2.13. The minimum absolute atomic E-state index is 0.923. The fourth-order valence-corrected chi connectivity index (χ4v) is 1.49. The fraction of sp³-hybridized carbons (Fsp3) is 1.00. The standard InChI is InChI=1S/C9H19N/c1-4-5-6-10(3)9-7-8(9)2/h8-9H,4-7H2,1-3H3. The molecule has 0 heterocycles. The van der Waals surface area contributed by atoms with Crippen molar-refractivity contribution in [3.8, 4) is 0 Å². The molecule has 0 spiro atoms. The predicted molar refractivity (Wildman–Crippen MR) is 45.1 cm³/mol. The highest BCUT2D eigenvalue weighted by molar-refractivity contribution is 4.90. The highest BCUT2D eigenvalue weighted by atomic mass is 15.2. The maximum Gasteiger partial charge on any atom is 0.0121 e. The van der Waals surface area contributed by atoms with Crippen molar-refractivity contribution in [1.82, 2.24) is 4.90 Å². The Labute approximate surface area is 64.4 Å². The van der Waals surface area contributed by atoms with E-state index in [4.69, 9.17) is 0 Å². The Balaban J connectivity index is 2.04. The van der Waals surface area contributed by atoms with Crippen molar-refractivity contribution in [3.63, 3.8) is 0 Å². The molecule has 0 aromatic rings. The number of hydrogen-bond acceptors (Lipinski definition) is 1. The van der Waals surface area contributed by atoms with Crippen LogP contribution in [0.15, 0.2) is 0 Å². The van der Waals surface area contributed by atoms with E-state index in [1.54, 1.807) is 0 Å². The molecule has 1 fully saturated rings. The molecular formula is C9H19N. The van der Waals surface area contributed by atoms with E-state index in [0.717, 1.165) is 12.0 Å². The number of unbranched alkanes of at least 4 members (excludes halogenated alkanes) is 1. The molecule has 0 amide bonds. The zero-order valence-corrected chi connectivity index (χ0v) is 7.43. The van der Waals surface area contributed by atoms with Gasteiger partial charge >= 0.3 is 0 Å². The molecule has 0 radical (unpaired) electrons. The highest BCUT2D eigenvalue weighted by Gasteiger charge is 2.35. The van der Waals surface area contributed by atoms with Gasteiger partial charge in [-0.25, -0.2) is 0 Å². The van der Waals surface area contributed by atoms with Gasteiger partial charge in [-0.1, -0.05) is 20.3 Å². The maximum atomic E-state index is 2.51. The van der Waals surface area contributed by atoms with Crippen LogP contribution in [0.5, 0.6) is 0 Å². The van der Waals surface area contributed by atoms with Crippen LogP contribution in [-0.4, -0.2) is 24.5 Å². The molecular weight excluding hydrogens is 122 g/mol. The van der Waals surface area contributed by atoms with Gasteiger partial charge in [0.1, 0.15) is 0 Å². The van der Waals surface area contributed by atoms with Crippen molar-refractivity contribution >= 4 is 0 Å². The third kappa shape index (κ3) is 1.98. The van der Waals surface area contributed by atoms with E-state index >= 15 is 0 Å². The van der Waals surface area contributed by atoms with Gasteiger partial charge in [-0.3, -0.25) is 0 Å². The molecule has 0 N–H and O–H groups in total. The molecule has 60 valence electrons. The summed E-state index contributed by atoms with van der Waals surface area (Å²) in [6.45, 7) is 5.89. The monoisotopic (exact) mass is 141 g/mol. The Bertz CT molecular complexity index is 101. The van der Waals surface area contributed by atoms with Crippen LogP contribution in [0.25, 0.3) is 0 Å². The first kappa shape index (κ1) is 8.06. The Hall–Kier alpha value is -0.0400. The molecule has 1 heteroatoms. The molecule has 1 rings (SSSR count). The maximum absolute atomic E-state index is 2.51. The minimum atomic E-state index is 0.923. The summed E-state index contributed by atoms with van der Waals surface area (Å²) < 4.78 is 0. The van der Waals surface area contributed by atoms with Crippen LogP contribution in [0, 0.1) is 5.92 Å². The van der Waals surface area contributed by atoms with Gasteiger partial charge in [0.25, 0.3) is 0 Å². The lowest BCUT2D eigenvalue weighted by Crippen LogP contribution is -2.22. The van der Waals surface area contributed by atoms with Crippen molar-refractivity contribution < 1.29 is 0 Å². The second-order valence-electron chi connectivity index (χ2n) is 3.61. The van der Waals surface area contributed by atoms with Crippen LogP contribution in [0.4, 0.5) is 0 Å². The molecule has 1 saturated carbocycles. The third-order valence-corrected chi connectivity index (χ3v) is 2.50. The summed E-state index contributed by atoms with van der Waals surface area (Å²) >= 11 is 0. The summed E-state index contributed by atoms with van der Waals surface area (Å²) in [7, 11) is 2.25. The van der Waals surface area contributed by atoms with E-state index in [1.165, 1.54) is 25.8 Å². The molecule has 2 atom stereocenters. The number of rotatable bonds is 4. The summed E-state index contributed by atoms with van der Waals surface area (Å²) in [4.78, 5) is 2.51. The van der Waals surface area contributed by atoms with E-state index in [2.05, 4.69) is 25.8 Å². The van der Waals surface area contributed by atoms with Gasteiger partial charge in [0.2, 0.25) is 0 Å². The molecule has 1 aliphatic rings. The molecule has 0 aliphatic heterocycles. The average Bonchev–Trinajstić information content (AvgIpc) is 2.62. The SMILES string of the molecule is CCCCN(C)C1CC1C. The molecule has 0 aromatic carbocycles. The Morgan fingerprint density at radius 1 is 1.50 bits per heavy atom. The van der Waals surface area contributed by atoms with Crippen LogP contribution in [-0.2, 0) is 0 Å². The lowest BCUT2D eigenvalue weighted by atomic mass is 10.3. The van der Waals surface area contributed by atoms with Gasteiger partial charge in [-0.05, 0) is 32.4 Å². The van der Waals surface area contributed by atoms with Gasteiger partial charge < -0.3 is 4.90 Å². The van der Waals surface area contributed by atoms with Gasteiger partial charge in [0.15, 0.2) is 0 Å². The normalized spacial score (nSPS) is 31.2. The first-order valence-electron chi connectivity index (χ1n) is 4.46. The van der Waals surface area contributed by atoms with Crippen molar-refractivity contribution in [1.29, 1.82) is 0 Å². The molecule has 10 heavy (non-hydrogen) atoms. The number of nitrogens with zero attached hydrogens (tertiary/aromatic N) is 1. The summed E-state index contributed by atoms with van der Waals surface area (Å²) in [5, 5.41) is 0. The summed E-state index contributed by atoms with van der Waals surface area (Å²) in [5.74, 6) is 0.974. The van der Waals surface area contributed by atoms with E-state index in [-0.39, 0.29) is 0 Å². The summed E-state index contributed by atoms with van der Waals surface area (Å²) in [6.07, 6.45) is 4.12. The molecule has 0 aromatic heterocycles. The van der Waals surface area contributed by atoms with Crippen molar-refractivity contribution in [3.05, 3.63) is 0 Å². The average molecular weight is 141 g/mol. The van der Waals surface area contributed by atoms with E-state index in [9.17, 15) is 0 Å². The molecule has 0 saturated heterocycles. The third-order valence-electron chi connectivity index (χ3n) is 2.50. The minimum Gasteiger partial charge on any atom is -0.303 e. The molecule has 1 nitrogen and oxygen atoms in total. The first-order chi connectivity index (χ1) is 4.75. The molecule has 1 aliphatic carbocycles. The second kappa shape index (κ2) is 3.38. The van der Waals surface area contributed by atoms with Crippen LogP contribution in [0.1, 0.15) is 33.1 Å². The second-order valence-corrected chi connectivity index (χ2v) is 3.61. The topological polar surface area (TPSA) is 3.24 Å². The largest absolute Gasteiger partial charge is 0.303 e. The Morgan fingerprint density at radius 3 is 2.50 bits per heavy atom. The quantitative estimate of drug-likeness (QED) is 0.579.